The second-order valence-electron chi connectivity index (χ2n) is 6.21. The molecule has 8 heteroatoms. The van der Waals surface area contributed by atoms with E-state index in [9.17, 15) is 22.8 Å². The first-order valence-corrected chi connectivity index (χ1v) is 8.15. The van der Waals surface area contributed by atoms with Crippen LogP contribution in [0.3, 0.4) is 0 Å². The van der Waals surface area contributed by atoms with Gasteiger partial charge in [0.25, 0.3) is 0 Å². The molecule has 0 unspecified atom stereocenters. The van der Waals surface area contributed by atoms with Gasteiger partial charge >= 0.3 is 6.18 Å². The molecular weight excluding hydrogens is 335 g/mol. The van der Waals surface area contributed by atoms with Crippen LogP contribution in [0.5, 0.6) is 0 Å². The van der Waals surface area contributed by atoms with Crippen LogP contribution in [-0.4, -0.2) is 54.3 Å². The van der Waals surface area contributed by atoms with E-state index in [1.807, 2.05) is 0 Å². The predicted molar refractivity (Wildman–Crippen MR) is 88.0 cm³/mol. The Morgan fingerprint density at radius 3 is 2.44 bits per heavy atom. The van der Waals surface area contributed by atoms with Crippen molar-refractivity contribution in [3.63, 3.8) is 0 Å². The first-order chi connectivity index (χ1) is 11.7. The van der Waals surface area contributed by atoms with Crippen molar-refractivity contribution in [3.05, 3.63) is 29.8 Å². The maximum atomic E-state index is 13.0. The van der Waals surface area contributed by atoms with Crippen molar-refractivity contribution < 1.29 is 22.8 Å². The molecule has 0 aliphatic carbocycles. The van der Waals surface area contributed by atoms with Crippen LogP contribution in [-0.2, 0) is 15.8 Å². The highest BCUT2D eigenvalue weighted by Gasteiger charge is 2.34. The summed E-state index contributed by atoms with van der Waals surface area (Å²) in [6.07, 6.45) is -2.61. The van der Waals surface area contributed by atoms with Crippen molar-refractivity contribution in [2.24, 2.45) is 0 Å². The SMILES string of the molecule is C[C@H](C(=O)N1CCCC1)N(C)CC(=O)Nc1ccccc1C(F)(F)F. The molecule has 2 rings (SSSR count). The number of rotatable bonds is 5. The molecule has 1 fully saturated rings. The number of likely N-dealkylation sites (N-methyl/N-ethyl adjacent to an activating group) is 1. The Kier molecular flexibility index (Phi) is 6.05. The highest BCUT2D eigenvalue weighted by Crippen LogP contribution is 2.34. The number of alkyl halides is 3. The van der Waals surface area contributed by atoms with Gasteiger partial charge in [0, 0.05) is 13.1 Å². The van der Waals surface area contributed by atoms with Crippen LogP contribution < -0.4 is 5.32 Å². The molecule has 0 spiro atoms. The van der Waals surface area contributed by atoms with Crippen molar-refractivity contribution in [2.75, 3.05) is 32.0 Å². The maximum Gasteiger partial charge on any atom is 0.418 e. The third kappa shape index (κ3) is 4.94. The second-order valence-corrected chi connectivity index (χ2v) is 6.21. The summed E-state index contributed by atoms with van der Waals surface area (Å²) in [7, 11) is 1.61. The standard InChI is InChI=1S/C17H22F3N3O2/c1-12(16(25)23-9-5-6-10-23)22(2)11-15(24)21-14-8-4-3-7-13(14)17(18,19)20/h3-4,7-8,12H,5-6,9-11H2,1-2H3,(H,21,24)/t12-/m1/s1. The van der Waals surface area contributed by atoms with Gasteiger partial charge in [-0.3, -0.25) is 14.5 Å². The number of anilines is 1. The van der Waals surface area contributed by atoms with Gasteiger partial charge in [-0.1, -0.05) is 12.1 Å². The van der Waals surface area contributed by atoms with E-state index in [1.165, 1.54) is 23.1 Å². The molecule has 1 saturated heterocycles. The first kappa shape index (κ1) is 19.2. The topological polar surface area (TPSA) is 52.7 Å². The molecule has 1 aliphatic rings. The molecule has 0 radical (unpaired) electrons. The van der Waals surface area contributed by atoms with E-state index in [1.54, 1.807) is 18.9 Å². The average molecular weight is 357 g/mol. The summed E-state index contributed by atoms with van der Waals surface area (Å²) in [6, 6.07) is 4.30. The van der Waals surface area contributed by atoms with E-state index in [0.29, 0.717) is 13.1 Å². The molecule has 1 aromatic rings. The molecule has 0 bridgehead atoms. The van der Waals surface area contributed by atoms with Crippen LogP contribution in [0.1, 0.15) is 25.3 Å². The van der Waals surface area contributed by atoms with Crippen molar-refractivity contribution in [3.8, 4) is 0 Å². The minimum atomic E-state index is -4.55. The molecule has 0 saturated carbocycles. The molecule has 0 aromatic heterocycles. The van der Waals surface area contributed by atoms with Gasteiger partial charge in [-0.2, -0.15) is 13.2 Å². The summed E-state index contributed by atoms with van der Waals surface area (Å²) in [6.45, 7) is 2.94. The maximum absolute atomic E-state index is 13.0. The van der Waals surface area contributed by atoms with Gasteiger partial charge in [-0.15, -0.1) is 0 Å². The Hall–Kier alpha value is -2.09. The molecule has 1 aromatic carbocycles. The lowest BCUT2D eigenvalue weighted by atomic mass is 10.1. The Bertz CT molecular complexity index is 628. The quantitative estimate of drug-likeness (QED) is 0.881. The van der Waals surface area contributed by atoms with E-state index >= 15 is 0 Å². The fraction of sp³-hybridized carbons (Fsp3) is 0.529. The summed E-state index contributed by atoms with van der Waals surface area (Å²) in [4.78, 5) is 27.7. The fourth-order valence-electron chi connectivity index (χ4n) is 2.78. The Morgan fingerprint density at radius 2 is 1.84 bits per heavy atom. The third-order valence-electron chi connectivity index (χ3n) is 4.34. The van der Waals surface area contributed by atoms with Crippen LogP contribution in [0.4, 0.5) is 18.9 Å². The number of nitrogens with zero attached hydrogens (tertiary/aromatic N) is 2. The Labute approximate surface area is 144 Å². The van der Waals surface area contributed by atoms with Crippen molar-refractivity contribution >= 4 is 17.5 Å². The summed E-state index contributed by atoms with van der Waals surface area (Å²) < 4.78 is 38.9. The molecular formula is C17H22F3N3O2. The number of carbonyl (C=O) groups is 2. The first-order valence-electron chi connectivity index (χ1n) is 8.15. The molecule has 1 atom stereocenters. The number of carbonyl (C=O) groups excluding carboxylic acids is 2. The summed E-state index contributed by atoms with van der Waals surface area (Å²) in [5.74, 6) is -0.663. The fourth-order valence-corrected chi connectivity index (χ4v) is 2.78. The number of para-hydroxylation sites is 1. The number of hydrogen-bond donors (Lipinski definition) is 1. The second kappa shape index (κ2) is 7.86. The summed E-state index contributed by atoms with van der Waals surface area (Å²) >= 11 is 0. The molecule has 1 aliphatic heterocycles. The van der Waals surface area contributed by atoms with Gasteiger partial charge < -0.3 is 10.2 Å². The normalized spacial score (nSPS) is 16.2. The van der Waals surface area contributed by atoms with E-state index in [0.717, 1.165) is 18.9 Å². The number of nitrogens with one attached hydrogen (secondary N) is 1. The van der Waals surface area contributed by atoms with Crippen LogP contribution in [0.2, 0.25) is 0 Å². The summed E-state index contributed by atoms with van der Waals surface area (Å²) in [5, 5.41) is 2.29. The van der Waals surface area contributed by atoms with E-state index in [2.05, 4.69) is 5.32 Å². The molecule has 138 valence electrons. The lowest BCUT2D eigenvalue weighted by Gasteiger charge is -2.27. The number of hydrogen-bond acceptors (Lipinski definition) is 3. The zero-order valence-corrected chi connectivity index (χ0v) is 14.3. The van der Waals surface area contributed by atoms with Crippen LogP contribution in [0, 0.1) is 0 Å². The number of benzene rings is 1. The van der Waals surface area contributed by atoms with E-state index in [-0.39, 0.29) is 18.1 Å². The highest BCUT2D eigenvalue weighted by atomic mass is 19.4. The van der Waals surface area contributed by atoms with Gasteiger partial charge in [0.05, 0.1) is 23.8 Å². The minimum Gasteiger partial charge on any atom is -0.341 e. The van der Waals surface area contributed by atoms with Gasteiger partial charge in [0.15, 0.2) is 0 Å². The Balaban J connectivity index is 1.97. The third-order valence-corrected chi connectivity index (χ3v) is 4.34. The van der Waals surface area contributed by atoms with E-state index < -0.39 is 23.7 Å². The molecule has 5 nitrogen and oxygen atoms in total. The van der Waals surface area contributed by atoms with Crippen LogP contribution in [0.25, 0.3) is 0 Å². The molecule has 1 heterocycles. The van der Waals surface area contributed by atoms with Crippen molar-refractivity contribution in [2.45, 2.75) is 32.0 Å². The smallest absolute Gasteiger partial charge is 0.341 e. The van der Waals surface area contributed by atoms with Gasteiger partial charge in [0.2, 0.25) is 11.8 Å². The number of amides is 2. The zero-order chi connectivity index (χ0) is 18.6. The largest absolute Gasteiger partial charge is 0.418 e. The van der Waals surface area contributed by atoms with Crippen LogP contribution in [0.15, 0.2) is 24.3 Å². The zero-order valence-electron chi connectivity index (χ0n) is 14.3. The van der Waals surface area contributed by atoms with Crippen molar-refractivity contribution in [1.82, 2.24) is 9.80 Å². The molecule has 2 amide bonds. The average Bonchev–Trinajstić information content (AvgIpc) is 3.07. The molecule has 1 N–H and O–H groups in total. The van der Waals surface area contributed by atoms with Crippen LogP contribution >= 0.6 is 0 Å². The van der Waals surface area contributed by atoms with Gasteiger partial charge in [-0.05, 0) is 38.9 Å². The monoisotopic (exact) mass is 357 g/mol. The van der Waals surface area contributed by atoms with Gasteiger partial charge in [-0.25, -0.2) is 0 Å². The predicted octanol–water partition coefficient (Wildman–Crippen LogP) is 2.59. The number of likely N-dealkylation sites (tertiary alicyclic amines) is 1. The van der Waals surface area contributed by atoms with E-state index in [4.69, 9.17) is 0 Å². The summed E-state index contributed by atoms with van der Waals surface area (Å²) in [5.41, 5.74) is -1.18. The highest BCUT2D eigenvalue weighted by molar-refractivity contribution is 5.93. The van der Waals surface area contributed by atoms with Crippen molar-refractivity contribution in [1.29, 1.82) is 0 Å². The number of halogens is 3. The Morgan fingerprint density at radius 1 is 1.24 bits per heavy atom. The lowest BCUT2D eigenvalue weighted by Crippen LogP contribution is -2.46. The lowest BCUT2D eigenvalue weighted by molar-refractivity contribution is -0.137. The minimum absolute atomic E-state index is 0.0662. The molecule has 25 heavy (non-hydrogen) atoms. The van der Waals surface area contributed by atoms with Gasteiger partial charge in [0.1, 0.15) is 0 Å².